The molecule has 4 rings (SSSR count). The van der Waals surface area contributed by atoms with Gasteiger partial charge in [-0.05, 0) is 82.5 Å². The van der Waals surface area contributed by atoms with Crippen LogP contribution in [-0.4, -0.2) is 50.2 Å². The van der Waals surface area contributed by atoms with Gasteiger partial charge in [0.15, 0.2) is 13.1 Å². The first kappa shape index (κ1) is 21.1. The second-order valence-electron chi connectivity index (χ2n) is 9.29. The van der Waals surface area contributed by atoms with Crippen molar-refractivity contribution in [2.45, 2.75) is 65.3 Å². The van der Waals surface area contributed by atoms with Crippen molar-refractivity contribution in [2.75, 3.05) is 26.2 Å². The van der Waals surface area contributed by atoms with Crippen LogP contribution < -0.4 is 15.5 Å². The monoisotopic (exact) mass is 394 g/mol. The van der Waals surface area contributed by atoms with Crippen molar-refractivity contribution in [3.8, 4) is 0 Å². The molecule has 4 aliphatic carbocycles. The van der Waals surface area contributed by atoms with Gasteiger partial charge in [-0.15, -0.1) is 0 Å². The SMILES string of the molecule is CCOC(=O)NC(=O)C[NH+](CC)CC(=O)N[C@H](C)C12CC3CC(CC(C3)C1)C2. The van der Waals surface area contributed by atoms with E-state index in [2.05, 4.69) is 17.6 Å². The maximum atomic E-state index is 12.7. The number of quaternary nitrogens is 1. The second kappa shape index (κ2) is 8.80. The summed E-state index contributed by atoms with van der Waals surface area (Å²) in [6, 6.07) is 0.180. The number of imide groups is 1. The number of carbonyl (C=O) groups is 3. The Morgan fingerprint density at radius 2 is 1.54 bits per heavy atom. The van der Waals surface area contributed by atoms with Gasteiger partial charge in [0.25, 0.3) is 11.8 Å². The molecule has 0 radical (unpaired) electrons. The summed E-state index contributed by atoms with van der Waals surface area (Å²) in [4.78, 5) is 36.8. The summed E-state index contributed by atoms with van der Waals surface area (Å²) >= 11 is 0. The summed E-state index contributed by atoms with van der Waals surface area (Å²) in [5.74, 6) is 2.14. The number of hydrogen-bond acceptors (Lipinski definition) is 4. The summed E-state index contributed by atoms with van der Waals surface area (Å²) in [7, 11) is 0. The van der Waals surface area contributed by atoms with Crippen LogP contribution in [0.15, 0.2) is 0 Å². The van der Waals surface area contributed by atoms with E-state index in [9.17, 15) is 14.4 Å². The van der Waals surface area contributed by atoms with Gasteiger partial charge in [-0.25, -0.2) is 4.79 Å². The van der Waals surface area contributed by atoms with Gasteiger partial charge < -0.3 is 15.0 Å². The molecule has 0 aromatic carbocycles. The molecule has 7 nitrogen and oxygen atoms in total. The summed E-state index contributed by atoms with van der Waals surface area (Å²) in [5, 5.41) is 5.45. The third-order valence-electron chi connectivity index (χ3n) is 7.22. The third kappa shape index (κ3) is 4.85. The van der Waals surface area contributed by atoms with Crippen molar-refractivity contribution in [1.82, 2.24) is 10.6 Å². The molecule has 0 heterocycles. The number of alkyl carbamates (subject to hydrolysis) is 1. The highest BCUT2D eigenvalue weighted by Gasteiger charge is 2.53. The van der Waals surface area contributed by atoms with Gasteiger partial charge in [-0.1, -0.05) is 0 Å². The maximum Gasteiger partial charge on any atom is 0.414 e. The highest BCUT2D eigenvalue weighted by Crippen LogP contribution is 2.61. The van der Waals surface area contributed by atoms with E-state index in [1.807, 2.05) is 6.92 Å². The molecule has 4 saturated carbocycles. The molecule has 3 N–H and O–H groups in total. The van der Waals surface area contributed by atoms with Crippen molar-refractivity contribution in [1.29, 1.82) is 0 Å². The highest BCUT2D eigenvalue weighted by molar-refractivity contribution is 5.92. The average molecular weight is 395 g/mol. The van der Waals surface area contributed by atoms with Crippen LogP contribution in [0.3, 0.4) is 0 Å². The number of hydrogen-bond donors (Lipinski definition) is 3. The third-order valence-corrected chi connectivity index (χ3v) is 7.22. The Hall–Kier alpha value is -1.63. The number of nitrogens with one attached hydrogen (secondary N) is 3. The number of carbonyl (C=O) groups excluding carboxylic acids is 3. The lowest BCUT2D eigenvalue weighted by Gasteiger charge is -2.59. The fraction of sp³-hybridized carbons (Fsp3) is 0.857. The van der Waals surface area contributed by atoms with Gasteiger partial charge in [0, 0.05) is 6.04 Å². The van der Waals surface area contributed by atoms with E-state index in [1.165, 1.54) is 38.5 Å². The predicted molar refractivity (Wildman–Crippen MR) is 105 cm³/mol. The predicted octanol–water partition coefficient (Wildman–Crippen LogP) is 0.885. The first-order valence-electron chi connectivity index (χ1n) is 10.9. The average Bonchev–Trinajstić information content (AvgIpc) is 2.59. The van der Waals surface area contributed by atoms with Crippen molar-refractivity contribution in [2.24, 2.45) is 23.2 Å². The zero-order valence-electron chi connectivity index (χ0n) is 17.5. The van der Waals surface area contributed by atoms with E-state index >= 15 is 0 Å². The number of ether oxygens (including phenoxy) is 1. The number of amides is 3. The minimum Gasteiger partial charge on any atom is -0.450 e. The number of likely N-dealkylation sites (N-methyl/N-ethyl adjacent to an activating group) is 1. The first-order chi connectivity index (χ1) is 13.3. The standard InChI is InChI=1S/C21H35N3O4/c1-4-24(13-19(26)23-20(27)28-5-2)12-18(25)22-14(3)21-9-15-6-16(10-21)8-17(7-15)11-21/h14-17H,4-13H2,1-3H3,(H,22,25)(H,23,26,27)/p+1/t14-,15?,16?,17?,21?/m1/s1. The van der Waals surface area contributed by atoms with Crippen LogP contribution in [0.25, 0.3) is 0 Å². The molecule has 158 valence electrons. The molecule has 4 aliphatic rings. The molecule has 28 heavy (non-hydrogen) atoms. The van der Waals surface area contributed by atoms with Crippen LogP contribution in [0.2, 0.25) is 0 Å². The number of rotatable bonds is 8. The first-order valence-corrected chi connectivity index (χ1v) is 10.9. The molecule has 1 unspecified atom stereocenters. The van der Waals surface area contributed by atoms with Crippen LogP contribution in [-0.2, 0) is 14.3 Å². The Morgan fingerprint density at radius 1 is 1.00 bits per heavy atom. The molecule has 0 aromatic heterocycles. The fourth-order valence-corrected chi connectivity index (χ4v) is 6.25. The highest BCUT2D eigenvalue weighted by atomic mass is 16.5. The van der Waals surface area contributed by atoms with Crippen LogP contribution in [0.5, 0.6) is 0 Å². The van der Waals surface area contributed by atoms with Gasteiger partial charge >= 0.3 is 6.09 Å². The van der Waals surface area contributed by atoms with Crippen LogP contribution in [0.4, 0.5) is 4.79 Å². The van der Waals surface area contributed by atoms with Crippen molar-refractivity contribution >= 4 is 17.9 Å². The quantitative estimate of drug-likeness (QED) is 0.570. The molecule has 0 aliphatic heterocycles. The Kier molecular flexibility index (Phi) is 6.63. The summed E-state index contributed by atoms with van der Waals surface area (Å²) in [6.45, 7) is 6.96. The lowest BCUT2D eigenvalue weighted by atomic mass is 9.48. The fourth-order valence-electron chi connectivity index (χ4n) is 6.25. The van der Waals surface area contributed by atoms with E-state index in [0.29, 0.717) is 6.54 Å². The van der Waals surface area contributed by atoms with Crippen LogP contribution in [0.1, 0.15) is 59.3 Å². The summed E-state index contributed by atoms with van der Waals surface area (Å²) < 4.78 is 4.72. The van der Waals surface area contributed by atoms with Crippen molar-refractivity contribution < 1.29 is 24.0 Å². The van der Waals surface area contributed by atoms with E-state index in [1.54, 1.807) is 6.92 Å². The van der Waals surface area contributed by atoms with Gasteiger partial charge in [-0.2, -0.15) is 0 Å². The van der Waals surface area contributed by atoms with E-state index in [0.717, 1.165) is 22.7 Å². The smallest absolute Gasteiger partial charge is 0.414 e. The second-order valence-corrected chi connectivity index (χ2v) is 9.29. The van der Waals surface area contributed by atoms with Crippen molar-refractivity contribution in [3.05, 3.63) is 0 Å². The lowest BCUT2D eigenvalue weighted by molar-refractivity contribution is -0.881. The minimum absolute atomic E-state index is 0.0102. The molecular weight excluding hydrogens is 358 g/mol. The van der Waals surface area contributed by atoms with Crippen molar-refractivity contribution in [3.63, 3.8) is 0 Å². The largest absolute Gasteiger partial charge is 0.450 e. The van der Waals surface area contributed by atoms with E-state index in [4.69, 9.17) is 4.74 Å². The zero-order chi connectivity index (χ0) is 20.3. The van der Waals surface area contributed by atoms with Gasteiger partial charge in [0.05, 0.1) is 13.2 Å². The van der Waals surface area contributed by atoms with Crippen LogP contribution >= 0.6 is 0 Å². The Balaban J connectivity index is 1.48. The van der Waals surface area contributed by atoms with E-state index < -0.39 is 12.0 Å². The Labute approximate surface area is 167 Å². The molecule has 4 fully saturated rings. The van der Waals surface area contributed by atoms with Gasteiger partial charge in [-0.3, -0.25) is 14.9 Å². The van der Waals surface area contributed by atoms with Crippen LogP contribution in [0, 0.1) is 23.2 Å². The minimum atomic E-state index is -0.733. The Bertz CT molecular complexity index is 571. The normalized spacial score (nSPS) is 32.5. The van der Waals surface area contributed by atoms with E-state index in [-0.39, 0.29) is 37.1 Å². The summed E-state index contributed by atoms with van der Waals surface area (Å²) in [5.41, 5.74) is 0.276. The molecule has 7 heteroatoms. The summed E-state index contributed by atoms with van der Waals surface area (Å²) in [6.07, 6.45) is 7.21. The molecule has 4 bridgehead atoms. The molecule has 0 aromatic rings. The molecule has 0 spiro atoms. The van der Waals surface area contributed by atoms with Gasteiger partial charge in [0.1, 0.15) is 0 Å². The molecule has 0 saturated heterocycles. The molecular formula is C21H36N3O4+. The lowest BCUT2D eigenvalue weighted by Crippen LogP contribution is -3.14. The zero-order valence-corrected chi connectivity index (χ0v) is 17.5. The Morgan fingerprint density at radius 3 is 2.04 bits per heavy atom. The topological polar surface area (TPSA) is 88.9 Å². The molecule has 2 atom stereocenters. The molecule has 3 amide bonds. The maximum absolute atomic E-state index is 12.7. The van der Waals surface area contributed by atoms with Gasteiger partial charge in [0.2, 0.25) is 0 Å².